The fraction of sp³-hybridized carbons (Fsp3) is 0.571. The first-order chi connectivity index (χ1) is 8.74. The van der Waals surface area contributed by atoms with Crippen LogP contribution in [0.15, 0.2) is 24.3 Å². The Morgan fingerprint density at radius 3 is 2.61 bits per heavy atom. The summed E-state index contributed by atoms with van der Waals surface area (Å²) in [5.41, 5.74) is 0.646. The van der Waals surface area contributed by atoms with Crippen molar-refractivity contribution in [3.63, 3.8) is 0 Å². The van der Waals surface area contributed by atoms with Crippen molar-refractivity contribution in [3.8, 4) is 5.75 Å². The number of hydrogen-bond donors (Lipinski definition) is 2. The van der Waals surface area contributed by atoms with Gasteiger partial charge in [0.15, 0.2) is 0 Å². The van der Waals surface area contributed by atoms with Gasteiger partial charge in [-0.3, -0.25) is 0 Å². The maximum Gasteiger partial charge on any atom is 0.125 e. The van der Waals surface area contributed by atoms with Crippen LogP contribution in [0.4, 0.5) is 0 Å². The molecule has 0 radical (unpaired) electrons. The SMILES string of the molecule is COCCOc1ccccc1C(O)C(O)C1CC1. The van der Waals surface area contributed by atoms with Crippen LogP contribution in [-0.4, -0.2) is 36.6 Å². The number of aliphatic hydroxyl groups excluding tert-OH is 2. The molecule has 0 amide bonds. The lowest BCUT2D eigenvalue weighted by molar-refractivity contribution is 0.00302. The van der Waals surface area contributed by atoms with Gasteiger partial charge in [-0.2, -0.15) is 0 Å². The van der Waals surface area contributed by atoms with E-state index in [4.69, 9.17) is 9.47 Å². The molecule has 0 aromatic heterocycles. The lowest BCUT2D eigenvalue weighted by Gasteiger charge is -2.20. The van der Waals surface area contributed by atoms with E-state index in [1.165, 1.54) is 0 Å². The molecule has 1 aromatic carbocycles. The summed E-state index contributed by atoms with van der Waals surface area (Å²) in [5.74, 6) is 0.841. The van der Waals surface area contributed by atoms with E-state index in [9.17, 15) is 10.2 Å². The summed E-state index contributed by atoms with van der Waals surface area (Å²) in [7, 11) is 1.61. The zero-order valence-electron chi connectivity index (χ0n) is 10.6. The predicted molar refractivity (Wildman–Crippen MR) is 67.5 cm³/mol. The fourth-order valence-electron chi connectivity index (χ4n) is 1.97. The van der Waals surface area contributed by atoms with Crippen molar-refractivity contribution >= 4 is 0 Å². The van der Waals surface area contributed by atoms with E-state index in [-0.39, 0.29) is 5.92 Å². The highest BCUT2D eigenvalue weighted by molar-refractivity contribution is 5.35. The Morgan fingerprint density at radius 1 is 1.22 bits per heavy atom. The molecule has 1 aromatic rings. The highest BCUT2D eigenvalue weighted by Gasteiger charge is 2.36. The summed E-state index contributed by atoms with van der Waals surface area (Å²) >= 11 is 0. The van der Waals surface area contributed by atoms with Crippen LogP contribution in [0.5, 0.6) is 5.75 Å². The molecule has 100 valence electrons. The second kappa shape index (κ2) is 6.18. The first kappa shape index (κ1) is 13.3. The average molecular weight is 252 g/mol. The van der Waals surface area contributed by atoms with Crippen molar-refractivity contribution in [3.05, 3.63) is 29.8 Å². The van der Waals surface area contributed by atoms with Crippen LogP contribution in [0.3, 0.4) is 0 Å². The van der Waals surface area contributed by atoms with Crippen LogP contribution in [0, 0.1) is 5.92 Å². The molecule has 1 aliphatic rings. The fourth-order valence-corrected chi connectivity index (χ4v) is 1.97. The molecule has 2 atom stereocenters. The third kappa shape index (κ3) is 3.22. The monoisotopic (exact) mass is 252 g/mol. The van der Waals surface area contributed by atoms with Crippen molar-refractivity contribution in [2.45, 2.75) is 25.0 Å². The average Bonchev–Trinajstić information content (AvgIpc) is 3.22. The standard InChI is InChI=1S/C14H20O4/c1-17-8-9-18-12-5-3-2-4-11(12)14(16)13(15)10-6-7-10/h2-5,10,13-16H,6-9H2,1H3. The third-order valence-corrected chi connectivity index (χ3v) is 3.21. The second-order valence-electron chi connectivity index (χ2n) is 4.65. The number of para-hydroxylation sites is 1. The smallest absolute Gasteiger partial charge is 0.125 e. The molecular weight excluding hydrogens is 232 g/mol. The molecule has 2 N–H and O–H groups in total. The van der Waals surface area contributed by atoms with Crippen LogP contribution in [-0.2, 0) is 4.74 Å². The van der Waals surface area contributed by atoms with E-state index in [1.54, 1.807) is 19.2 Å². The molecule has 0 saturated heterocycles. The number of ether oxygens (including phenoxy) is 2. The van der Waals surface area contributed by atoms with Crippen LogP contribution in [0.2, 0.25) is 0 Å². The number of benzene rings is 1. The van der Waals surface area contributed by atoms with Gasteiger partial charge in [0.2, 0.25) is 0 Å². The first-order valence-corrected chi connectivity index (χ1v) is 6.31. The van der Waals surface area contributed by atoms with Crippen LogP contribution in [0.25, 0.3) is 0 Å². The van der Waals surface area contributed by atoms with Gasteiger partial charge in [-0.1, -0.05) is 18.2 Å². The van der Waals surface area contributed by atoms with E-state index in [0.717, 1.165) is 12.8 Å². The van der Waals surface area contributed by atoms with Gasteiger partial charge < -0.3 is 19.7 Å². The summed E-state index contributed by atoms with van der Waals surface area (Å²) < 4.78 is 10.5. The van der Waals surface area contributed by atoms with Crippen LogP contribution < -0.4 is 4.74 Å². The highest BCUT2D eigenvalue weighted by atomic mass is 16.5. The molecule has 1 saturated carbocycles. The van der Waals surface area contributed by atoms with Crippen molar-refractivity contribution in [1.82, 2.24) is 0 Å². The van der Waals surface area contributed by atoms with E-state index >= 15 is 0 Å². The zero-order chi connectivity index (χ0) is 13.0. The maximum absolute atomic E-state index is 10.2. The topological polar surface area (TPSA) is 58.9 Å². The Kier molecular flexibility index (Phi) is 4.58. The third-order valence-electron chi connectivity index (χ3n) is 3.21. The van der Waals surface area contributed by atoms with Crippen LogP contribution >= 0.6 is 0 Å². The number of methoxy groups -OCH3 is 1. The quantitative estimate of drug-likeness (QED) is 0.722. The lowest BCUT2D eigenvalue weighted by atomic mass is 10.0. The van der Waals surface area contributed by atoms with E-state index in [0.29, 0.717) is 24.5 Å². The summed E-state index contributed by atoms with van der Waals surface area (Å²) in [6.45, 7) is 0.926. The summed E-state index contributed by atoms with van der Waals surface area (Å²) in [4.78, 5) is 0. The molecule has 2 unspecified atom stereocenters. The maximum atomic E-state index is 10.2. The molecule has 1 fully saturated rings. The number of aliphatic hydroxyl groups is 2. The minimum Gasteiger partial charge on any atom is -0.491 e. The molecule has 18 heavy (non-hydrogen) atoms. The molecule has 4 nitrogen and oxygen atoms in total. The Morgan fingerprint density at radius 2 is 1.94 bits per heavy atom. The normalized spacial score (nSPS) is 18.4. The molecule has 0 spiro atoms. The second-order valence-corrected chi connectivity index (χ2v) is 4.65. The van der Waals surface area contributed by atoms with Crippen molar-refractivity contribution in [2.75, 3.05) is 20.3 Å². The van der Waals surface area contributed by atoms with E-state index in [1.807, 2.05) is 12.1 Å². The molecule has 4 heteroatoms. The lowest BCUT2D eigenvalue weighted by Crippen LogP contribution is -2.21. The Bertz CT molecular complexity index is 376. The van der Waals surface area contributed by atoms with Gasteiger partial charge in [-0.05, 0) is 24.8 Å². The largest absolute Gasteiger partial charge is 0.491 e. The van der Waals surface area contributed by atoms with E-state index in [2.05, 4.69) is 0 Å². The van der Waals surface area contributed by atoms with Gasteiger partial charge in [-0.25, -0.2) is 0 Å². The molecule has 0 bridgehead atoms. The Labute approximate surface area is 107 Å². The molecule has 0 aliphatic heterocycles. The summed E-state index contributed by atoms with van der Waals surface area (Å²) in [6.07, 6.45) is 0.406. The summed E-state index contributed by atoms with van der Waals surface area (Å²) in [5, 5.41) is 20.2. The van der Waals surface area contributed by atoms with Gasteiger partial charge in [-0.15, -0.1) is 0 Å². The van der Waals surface area contributed by atoms with Gasteiger partial charge >= 0.3 is 0 Å². The Balaban J connectivity index is 2.05. The summed E-state index contributed by atoms with van der Waals surface area (Å²) in [6, 6.07) is 7.27. The zero-order valence-corrected chi connectivity index (χ0v) is 10.6. The van der Waals surface area contributed by atoms with Crippen LogP contribution in [0.1, 0.15) is 24.5 Å². The van der Waals surface area contributed by atoms with Gasteiger partial charge in [0.25, 0.3) is 0 Å². The van der Waals surface area contributed by atoms with Crippen molar-refractivity contribution in [2.24, 2.45) is 5.92 Å². The van der Waals surface area contributed by atoms with Gasteiger partial charge in [0.1, 0.15) is 18.5 Å². The molecular formula is C14H20O4. The molecule has 0 heterocycles. The molecule has 1 aliphatic carbocycles. The minimum absolute atomic E-state index is 0.229. The number of rotatable bonds is 7. The highest BCUT2D eigenvalue weighted by Crippen LogP contribution is 2.39. The minimum atomic E-state index is -0.878. The van der Waals surface area contributed by atoms with Crippen molar-refractivity contribution < 1.29 is 19.7 Å². The number of hydrogen-bond acceptors (Lipinski definition) is 4. The van der Waals surface area contributed by atoms with E-state index < -0.39 is 12.2 Å². The van der Waals surface area contributed by atoms with Crippen molar-refractivity contribution in [1.29, 1.82) is 0 Å². The molecule has 2 rings (SSSR count). The van der Waals surface area contributed by atoms with Gasteiger partial charge in [0, 0.05) is 12.7 Å². The Hall–Kier alpha value is -1.10. The predicted octanol–water partition coefficient (Wildman–Crippen LogP) is 1.52. The van der Waals surface area contributed by atoms with Gasteiger partial charge in [0.05, 0.1) is 12.7 Å². The first-order valence-electron chi connectivity index (χ1n) is 6.31.